The van der Waals surface area contributed by atoms with E-state index in [2.05, 4.69) is 10.4 Å². The van der Waals surface area contributed by atoms with Gasteiger partial charge in [-0.25, -0.2) is 13.1 Å². The van der Waals surface area contributed by atoms with E-state index >= 15 is 0 Å². The first-order valence-electron chi connectivity index (χ1n) is 5.33. The maximum absolute atomic E-state index is 11.6. The molecule has 0 radical (unpaired) electrons. The summed E-state index contributed by atoms with van der Waals surface area (Å²) in [6.45, 7) is 3.33. The SMILES string of the molecule is CNc1cnn(CCS(=O)(=O)C(C)C)c(=O)c1. The molecule has 1 rings (SSSR count). The summed E-state index contributed by atoms with van der Waals surface area (Å²) in [5, 5.41) is 6.24. The Balaban J connectivity index is 2.81. The third-order valence-corrected chi connectivity index (χ3v) is 4.65. The van der Waals surface area contributed by atoms with Gasteiger partial charge in [-0.1, -0.05) is 0 Å². The minimum absolute atomic E-state index is 0.0729. The summed E-state index contributed by atoms with van der Waals surface area (Å²) >= 11 is 0. The summed E-state index contributed by atoms with van der Waals surface area (Å²) in [7, 11) is -1.46. The maximum atomic E-state index is 11.6. The van der Waals surface area contributed by atoms with Crippen LogP contribution in [0, 0.1) is 0 Å². The second-order valence-electron chi connectivity index (χ2n) is 3.97. The van der Waals surface area contributed by atoms with Crippen LogP contribution in [0.2, 0.25) is 0 Å². The largest absolute Gasteiger partial charge is 0.387 e. The summed E-state index contributed by atoms with van der Waals surface area (Å²) in [6, 6.07) is 1.38. The van der Waals surface area contributed by atoms with Crippen molar-refractivity contribution in [2.75, 3.05) is 18.1 Å². The first-order valence-corrected chi connectivity index (χ1v) is 7.05. The molecule has 0 unspecified atom stereocenters. The minimum atomic E-state index is -3.14. The zero-order valence-corrected chi connectivity index (χ0v) is 11.0. The van der Waals surface area contributed by atoms with Crippen molar-refractivity contribution in [2.45, 2.75) is 25.6 Å². The predicted molar refractivity (Wildman–Crippen MR) is 67.0 cm³/mol. The lowest BCUT2D eigenvalue weighted by Gasteiger charge is -2.08. The van der Waals surface area contributed by atoms with Gasteiger partial charge in [-0.2, -0.15) is 5.10 Å². The highest BCUT2D eigenvalue weighted by atomic mass is 32.2. The van der Waals surface area contributed by atoms with Crippen LogP contribution in [0.5, 0.6) is 0 Å². The van der Waals surface area contributed by atoms with Crippen LogP contribution < -0.4 is 10.9 Å². The van der Waals surface area contributed by atoms with E-state index in [1.807, 2.05) is 0 Å². The molecule has 0 atom stereocenters. The molecule has 0 aliphatic carbocycles. The van der Waals surface area contributed by atoms with Crippen LogP contribution in [-0.2, 0) is 16.4 Å². The normalized spacial score (nSPS) is 11.8. The Hall–Kier alpha value is -1.37. The lowest BCUT2D eigenvalue weighted by atomic mass is 10.5. The highest BCUT2D eigenvalue weighted by molar-refractivity contribution is 7.91. The number of rotatable bonds is 5. The summed E-state index contributed by atoms with van der Waals surface area (Å²) in [5.41, 5.74) is 0.300. The van der Waals surface area contributed by atoms with Crippen molar-refractivity contribution in [3.8, 4) is 0 Å². The van der Waals surface area contributed by atoms with Gasteiger partial charge in [0, 0.05) is 13.1 Å². The zero-order chi connectivity index (χ0) is 13.1. The molecule has 6 nitrogen and oxygen atoms in total. The minimum Gasteiger partial charge on any atom is -0.387 e. The Bertz CT molecular complexity index is 534. The molecule has 0 saturated carbocycles. The molecule has 0 spiro atoms. The zero-order valence-electron chi connectivity index (χ0n) is 10.2. The van der Waals surface area contributed by atoms with Crippen molar-refractivity contribution in [2.24, 2.45) is 0 Å². The summed E-state index contributed by atoms with van der Waals surface area (Å²) < 4.78 is 24.3. The number of hydrogen-bond acceptors (Lipinski definition) is 5. The van der Waals surface area contributed by atoms with Gasteiger partial charge in [-0.15, -0.1) is 0 Å². The first-order chi connectivity index (χ1) is 7.86. The second kappa shape index (κ2) is 5.31. The number of nitrogens with zero attached hydrogens (tertiary/aromatic N) is 2. The number of aryl methyl sites for hydroxylation is 1. The second-order valence-corrected chi connectivity index (χ2v) is 6.65. The molecule has 1 aromatic rings. The van der Waals surface area contributed by atoms with Crippen LogP contribution in [0.1, 0.15) is 13.8 Å². The molecule has 0 bridgehead atoms. The van der Waals surface area contributed by atoms with Crippen LogP contribution in [-0.4, -0.2) is 36.2 Å². The monoisotopic (exact) mass is 259 g/mol. The van der Waals surface area contributed by atoms with Gasteiger partial charge in [0.2, 0.25) is 0 Å². The molecule has 7 heteroatoms. The molecule has 0 aromatic carbocycles. The fourth-order valence-electron chi connectivity index (χ4n) is 1.19. The lowest BCUT2D eigenvalue weighted by molar-refractivity contribution is 0.564. The quantitative estimate of drug-likeness (QED) is 0.811. The molecule has 0 saturated heterocycles. The van der Waals surface area contributed by atoms with E-state index in [1.165, 1.54) is 12.3 Å². The first kappa shape index (κ1) is 13.7. The molecule has 1 N–H and O–H groups in total. The molecule has 1 aromatic heterocycles. The fraction of sp³-hybridized carbons (Fsp3) is 0.600. The number of anilines is 1. The van der Waals surface area contributed by atoms with Crippen molar-refractivity contribution in [1.82, 2.24) is 9.78 Å². The standard InChI is InChI=1S/C10H17N3O3S/c1-8(2)17(15,16)5-4-13-10(14)6-9(11-3)7-12-13/h6-8,11H,4-5H2,1-3H3. The molecular weight excluding hydrogens is 242 g/mol. The number of nitrogens with one attached hydrogen (secondary N) is 1. The maximum Gasteiger partial charge on any atom is 0.268 e. The Labute approximate surface area is 101 Å². The summed E-state index contributed by atoms with van der Waals surface area (Å²) in [5.74, 6) is -0.0729. The summed E-state index contributed by atoms with van der Waals surface area (Å²) in [6.07, 6.45) is 1.49. The van der Waals surface area contributed by atoms with Crippen molar-refractivity contribution in [3.05, 3.63) is 22.6 Å². The molecule has 96 valence electrons. The van der Waals surface area contributed by atoms with Gasteiger partial charge in [0.25, 0.3) is 5.56 Å². The van der Waals surface area contributed by atoms with Crippen molar-refractivity contribution >= 4 is 15.5 Å². The molecule has 17 heavy (non-hydrogen) atoms. The fourth-order valence-corrected chi connectivity index (χ4v) is 2.09. The van der Waals surface area contributed by atoms with Crippen LogP contribution in [0.3, 0.4) is 0 Å². The topological polar surface area (TPSA) is 81.1 Å². The van der Waals surface area contributed by atoms with Gasteiger partial charge in [0.1, 0.15) is 0 Å². The van der Waals surface area contributed by atoms with Crippen LogP contribution >= 0.6 is 0 Å². The van der Waals surface area contributed by atoms with E-state index in [9.17, 15) is 13.2 Å². The summed E-state index contributed by atoms with van der Waals surface area (Å²) in [4.78, 5) is 11.6. The number of sulfone groups is 1. The number of hydrogen-bond donors (Lipinski definition) is 1. The van der Waals surface area contributed by atoms with Gasteiger partial charge in [-0.3, -0.25) is 4.79 Å². The average molecular weight is 259 g/mol. The van der Waals surface area contributed by atoms with Gasteiger partial charge in [-0.05, 0) is 13.8 Å². The smallest absolute Gasteiger partial charge is 0.268 e. The Morgan fingerprint density at radius 2 is 2.12 bits per heavy atom. The average Bonchev–Trinajstić information content (AvgIpc) is 2.27. The van der Waals surface area contributed by atoms with Gasteiger partial charge < -0.3 is 5.32 Å². The molecular formula is C10H17N3O3S. The third-order valence-electron chi connectivity index (χ3n) is 2.46. The van der Waals surface area contributed by atoms with Crippen molar-refractivity contribution < 1.29 is 8.42 Å². The lowest BCUT2D eigenvalue weighted by Crippen LogP contribution is -2.28. The molecule has 0 amide bonds. The van der Waals surface area contributed by atoms with Crippen LogP contribution in [0.15, 0.2) is 17.1 Å². The third kappa shape index (κ3) is 3.55. The van der Waals surface area contributed by atoms with E-state index in [0.29, 0.717) is 5.69 Å². The van der Waals surface area contributed by atoms with Gasteiger partial charge in [0.05, 0.1) is 29.4 Å². The Kier molecular flexibility index (Phi) is 4.28. The number of aromatic nitrogens is 2. The predicted octanol–water partition coefficient (Wildman–Crippen LogP) is 0.108. The Morgan fingerprint density at radius 3 is 2.59 bits per heavy atom. The molecule has 0 aliphatic heterocycles. The van der Waals surface area contributed by atoms with E-state index < -0.39 is 15.1 Å². The van der Waals surface area contributed by atoms with Crippen molar-refractivity contribution in [1.29, 1.82) is 0 Å². The van der Waals surface area contributed by atoms with E-state index in [0.717, 1.165) is 4.68 Å². The van der Waals surface area contributed by atoms with E-state index in [4.69, 9.17) is 0 Å². The Morgan fingerprint density at radius 1 is 1.47 bits per heavy atom. The van der Waals surface area contributed by atoms with Crippen LogP contribution in [0.4, 0.5) is 5.69 Å². The van der Waals surface area contributed by atoms with Crippen LogP contribution in [0.25, 0.3) is 0 Å². The molecule has 0 aliphatic rings. The van der Waals surface area contributed by atoms with Gasteiger partial charge >= 0.3 is 0 Å². The van der Waals surface area contributed by atoms with E-state index in [-0.39, 0.29) is 17.9 Å². The van der Waals surface area contributed by atoms with E-state index in [1.54, 1.807) is 20.9 Å². The highest BCUT2D eigenvalue weighted by Gasteiger charge is 2.16. The highest BCUT2D eigenvalue weighted by Crippen LogP contribution is 2.01. The van der Waals surface area contributed by atoms with Gasteiger partial charge in [0.15, 0.2) is 9.84 Å². The molecule has 1 heterocycles. The van der Waals surface area contributed by atoms with Crippen molar-refractivity contribution in [3.63, 3.8) is 0 Å². The molecule has 0 fully saturated rings.